The van der Waals surface area contributed by atoms with E-state index < -0.39 is 10.0 Å². The first kappa shape index (κ1) is 13.1. The number of hydrogen-bond donors (Lipinski definition) is 1. The summed E-state index contributed by atoms with van der Waals surface area (Å²) in [6.07, 6.45) is 4.50. The van der Waals surface area contributed by atoms with Crippen LogP contribution < -0.4 is 5.14 Å². The zero-order valence-corrected chi connectivity index (χ0v) is 11.8. The highest BCUT2D eigenvalue weighted by molar-refractivity contribution is 7.89. The Labute approximate surface area is 121 Å². The minimum Gasteiger partial charge on any atom is -0.225 e. The molecule has 0 fully saturated rings. The topological polar surface area (TPSA) is 60.2 Å². The monoisotopic (exact) mass is 288 g/mol. The average molecular weight is 288 g/mol. The molecule has 2 aromatic rings. The van der Waals surface area contributed by atoms with Gasteiger partial charge in [-0.15, -0.1) is 0 Å². The lowest BCUT2D eigenvalue weighted by atomic mass is 10.0. The highest BCUT2D eigenvalue weighted by atomic mass is 32.2. The number of allylic oxidation sites excluding steroid dienone is 2. The van der Waals surface area contributed by atoms with Crippen molar-refractivity contribution in [1.82, 2.24) is 0 Å². The molecular weight excluding hydrogens is 270 g/mol. The van der Waals surface area contributed by atoms with Crippen molar-refractivity contribution in [3.05, 3.63) is 66.2 Å². The van der Waals surface area contributed by atoms with Crippen molar-refractivity contribution in [2.24, 2.45) is 5.14 Å². The summed E-state index contributed by atoms with van der Waals surface area (Å²) >= 11 is 0. The number of rotatable bonds is 4. The minimum atomic E-state index is -3.74. The first-order chi connectivity index (χ1) is 10.0. The molecule has 0 aliphatic carbocycles. The van der Waals surface area contributed by atoms with Crippen LogP contribution in [-0.4, -0.2) is 8.42 Å². The van der Waals surface area contributed by atoms with Crippen molar-refractivity contribution in [2.75, 3.05) is 0 Å². The van der Waals surface area contributed by atoms with Gasteiger partial charge in [0.25, 0.3) is 0 Å². The zero-order chi connectivity index (χ0) is 15.3. The lowest BCUT2D eigenvalue weighted by molar-refractivity contribution is 0.598. The largest absolute Gasteiger partial charge is 0.238 e. The van der Waals surface area contributed by atoms with E-state index in [1.165, 1.54) is 6.07 Å². The third kappa shape index (κ3) is 3.35. The maximum atomic E-state index is 11.6. The molecule has 2 rings (SSSR count). The van der Waals surface area contributed by atoms with E-state index in [1.54, 1.807) is 24.3 Å². The quantitative estimate of drug-likeness (QED) is 0.879. The molecule has 4 heteroatoms. The van der Waals surface area contributed by atoms with Crippen LogP contribution in [0.5, 0.6) is 0 Å². The lowest BCUT2D eigenvalue weighted by Crippen LogP contribution is -2.13. The highest BCUT2D eigenvalue weighted by Gasteiger charge is 2.14. The molecular formula is C16H17NO2S. The molecule has 0 amide bonds. The van der Waals surface area contributed by atoms with Crippen LogP contribution in [0.4, 0.5) is 0 Å². The van der Waals surface area contributed by atoms with Gasteiger partial charge in [-0.1, -0.05) is 54.6 Å². The second kappa shape index (κ2) is 6.03. The Hall–Kier alpha value is -1.91. The fourth-order valence-corrected chi connectivity index (χ4v) is 2.75. The summed E-state index contributed by atoms with van der Waals surface area (Å²) in [7, 11) is -3.74. The summed E-state index contributed by atoms with van der Waals surface area (Å²) in [5.41, 5.74) is 2.53. The van der Waals surface area contributed by atoms with E-state index in [1.807, 2.05) is 30.3 Å². The van der Waals surface area contributed by atoms with Crippen molar-refractivity contribution in [3.8, 4) is 11.1 Å². The number of benzene rings is 2. The van der Waals surface area contributed by atoms with Crippen LogP contribution in [0.1, 0.15) is 13.8 Å². The predicted molar refractivity (Wildman–Crippen MR) is 81.8 cm³/mol. The maximum absolute atomic E-state index is 11.6. The Kier molecular flexibility index (Phi) is 3.95. The molecule has 0 radical (unpaired) electrons. The Morgan fingerprint density at radius 3 is 2.50 bits per heavy atom. The number of primary sulfonamides is 1. The van der Waals surface area contributed by atoms with Crippen molar-refractivity contribution >= 4 is 10.0 Å². The number of hydrogen-bond acceptors (Lipinski definition) is 2. The third-order valence-electron chi connectivity index (χ3n) is 2.98. The third-order valence-corrected chi connectivity index (χ3v) is 3.95. The smallest absolute Gasteiger partial charge is 0.225 e. The fraction of sp³-hybridized carbons (Fsp3) is 0.125. The normalized spacial score (nSPS) is 12.6. The first-order valence-electron chi connectivity index (χ1n) is 6.88. The van der Waals surface area contributed by atoms with Crippen LogP contribution in [0.25, 0.3) is 11.1 Å². The molecule has 0 atom stereocenters. The standard InChI is InChI=1S/C16H17NO2S/c1-2-3-6-13-9-11-14(12-10-13)15-7-4-5-8-16(15)20(17,18)19/h2-5,7-12H,6H2,1H3,(H2,17,18,19)/b3-2-/i1D. The van der Waals surface area contributed by atoms with E-state index in [-0.39, 0.29) is 11.8 Å². The average Bonchev–Trinajstić information content (AvgIpc) is 2.47. The van der Waals surface area contributed by atoms with Gasteiger partial charge in [0.1, 0.15) is 0 Å². The van der Waals surface area contributed by atoms with Crippen LogP contribution >= 0.6 is 0 Å². The van der Waals surface area contributed by atoms with Crippen molar-refractivity contribution in [1.29, 1.82) is 0 Å². The van der Waals surface area contributed by atoms with Gasteiger partial charge in [0.05, 0.1) is 4.90 Å². The lowest BCUT2D eigenvalue weighted by Gasteiger charge is -2.08. The second-order valence-corrected chi connectivity index (χ2v) is 5.94. The van der Waals surface area contributed by atoms with Gasteiger partial charge in [-0.3, -0.25) is 0 Å². The molecule has 0 aliphatic heterocycles. The molecule has 2 N–H and O–H groups in total. The molecule has 0 saturated heterocycles. The minimum absolute atomic E-state index is 0.131. The van der Waals surface area contributed by atoms with Crippen LogP contribution in [-0.2, 0) is 16.4 Å². The van der Waals surface area contributed by atoms with Crippen LogP contribution in [0.15, 0.2) is 65.6 Å². The summed E-state index contributed by atoms with van der Waals surface area (Å²) in [6.45, 7) is 0.278. The molecule has 0 aromatic heterocycles. The summed E-state index contributed by atoms with van der Waals surface area (Å²) in [5, 5.41) is 5.25. The fourth-order valence-electron chi connectivity index (χ4n) is 1.99. The summed E-state index contributed by atoms with van der Waals surface area (Å²) in [4.78, 5) is 0.131. The molecule has 0 heterocycles. The molecule has 3 nitrogen and oxygen atoms in total. The zero-order valence-electron chi connectivity index (χ0n) is 12.0. The Balaban J connectivity index is 2.34. The molecule has 2 aromatic carbocycles. The van der Waals surface area contributed by atoms with Gasteiger partial charge in [0.15, 0.2) is 0 Å². The van der Waals surface area contributed by atoms with Crippen LogP contribution in [0, 0.1) is 0 Å². The predicted octanol–water partition coefficient (Wildman–Crippen LogP) is 3.12. The van der Waals surface area contributed by atoms with Crippen molar-refractivity contribution < 1.29 is 9.79 Å². The highest BCUT2D eigenvalue weighted by Crippen LogP contribution is 2.26. The first-order valence-corrected chi connectivity index (χ1v) is 7.72. The van der Waals surface area contributed by atoms with E-state index >= 15 is 0 Å². The van der Waals surface area contributed by atoms with Gasteiger partial charge < -0.3 is 0 Å². The Morgan fingerprint density at radius 2 is 1.85 bits per heavy atom. The van der Waals surface area contributed by atoms with Gasteiger partial charge >= 0.3 is 0 Å². The van der Waals surface area contributed by atoms with E-state index in [0.29, 0.717) is 5.56 Å². The van der Waals surface area contributed by atoms with E-state index in [0.717, 1.165) is 17.5 Å². The molecule has 0 spiro atoms. The van der Waals surface area contributed by atoms with Crippen LogP contribution in [0.2, 0.25) is 0 Å². The summed E-state index contributed by atoms with van der Waals surface area (Å²) in [5.74, 6) is 0. The molecule has 20 heavy (non-hydrogen) atoms. The van der Waals surface area contributed by atoms with E-state index in [4.69, 9.17) is 6.51 Å². The van der Waals surface area contributed by atoms with Crippen molar-refractivity contribution in [3.63, 3.8) is 0 Å². The maximum Gasteiger partial charge on any atom is 0.238 e. The van der Waals surface area contributed by atoms with Gasteiger partial charge in [-0.2, -0.15) is 0 Å². The SMILES string of the molecule is [2H]C/C=C\Cc1ccc(-c2ccccc2S(N)(=O)=O)cc1. The molecule has 0 saturated carbocycles. The number of nitrogens with two attached hydrogens (primary N) is 1. The van der Waals surface area contributed by atoms with Gasteiger partial charge in [0, 0.05) is 6.93 Å². The second-order valence-electron chi connectivity index (χ2n) is 4.41. The number of sulfonamides is 1. The molecule has 0 aliphatic rings. The van der Waals surface area contributed by atoms with Crippen molar-refractivity contribution in [2.45, 2.75) is 18.2 Å². The Bertz CT molecular complexity index is 737. The summed E-state index contributed by atoms with van der Waals surface area (Å²) in [6, 6.07) is 14.4. The van der Waals surface area contributed by atoms with E-state index in [2.05, 4.69) is 0 Å². The molecule has 104 valence electrons. The summed E-state index contributed by atoms with van der Waals surface area (Å²) < 4.78 is 30.3. The molecule has 0 bridgehead atoms. The van der Waals surface area contributed by atoms with Gasteiger partial charge in [-0.05, 0) is 30.5 Å². The van der Waals surface area contributed by atoms with Gasteiger partial charge in [0.2, 0.25) is 10.0 Å². The van der Waals surface area contributed by atoms with Crippen LogP contribution in [0.3, 0.4) is 0 Å². The molecule has 0 unspecified atom stereocenters. The Morgan fingerprint density at radius 1 is 1.15 bits per heavy atom. The van der Waals surface area contributed by atoms with E-state index in [9.17, 15) is 8.42 Å². The van der Waals surface area contributed by atoms with Gasteiger partial charge in [-0.25, -0.2) is 13.6 Å².